The van der Waals surface area contributed by atoms with E-state index in [0.717, 1.165) is 29.8 Å². The van der Waals surface area contributed by atoms with Gasteiger partial charge in [0.15, 0.2) is 5.89 Å². The van der Waals surface area contributed by atoms with Crippen molar-refractivity contribution in [3.8, 4) is 0 Å². The molecule has 0 saturated heterocycles. The molecule has 3 aromatic rings. The first-order chi connectivity index (χ1) is 9.20. The van der Waals surface area contributed by atoms with E-state index in [1.54, 1.807) is 6.26 Å². The van der Waals surface area contributed by atoms with Gasteiger partial charge in [0.1, 0.15) is 17.3 Å². The topological polar surface area (TPSA) is 55.1 Å². The van der Waals surface area contributed by atoms with Crippen molar-refractivity contribution < 1.29 is 4.42 Å². The summed E-state index contributed by atoms with van der Waals surface area (Å²) in [6.45, 7) is 3.47. The molecule has 6 heteroatoms. The Morgan fingerprint density at radius 3 is 2.84 bits per heavy atom. The van der Waals surface area contributed by atoms with E-state index >= 15 is 0 Å². The van der Waals surface area contributed by atoms with Crippen LogP contribution in [0.3, 0.4) is 0 Å². The van der Waals surface area contributed by atoms with Gasteiger partial charge in [-0.15, -0.1) is 0 Å². The third kappa shape index (κ3) is 2.80. The molecule has 98 valence electrons. The van der Waals surface area contributed by atoms with Gasteiger partial charge in [-0.3, -0.25) is 4.90 Å². The number of hydrogen-bond donors (Lipinski definition) is 0. The van der Waals surface area contributed by atoms with Crippen molar-refractivity contribution >= 4 is 22.8 Å². The van der Waals surface area contributed by atoms with Gasteiger partial charge in [-0.05, 0) is 24.7 Å². The van der Waals surface area contributed by atoms with Crippen molar-refractivity contribution in [2.45, 2.75) is 20.0 Å². The second-order valence-corrected chi connectivity index (χ2v) is 5.15. The summed E-state index contributed by atoms with van der Waals surface area (Å²) in [5.74, 6) is 0.707. The van der Waals surface area contributed by atoms with Crippen LogP contribution in [-0.2, 0) is 13.1 Å². The number of benzene rings is 1. The Labute approximate surface area is 115 Å². The molecule has 0 amide bonds. The highest BCUT2D eigenvalue weighted by Gasteiger charge is 2.07. The average molecular weight is 274 g/mol. The molecule has 0 spiro atoms. The predicted octanol–water partition coefficient (Wildman–Crippen LogP) is 2.62. The van der Waals surface area contributed by atoms with E-state index in [1.165, 1.54) is 17.3 Å². The maximum absolute atomic E-state index is 5.21. The van der Waals surface area contributed by atoms with E-state index in [2.05, 4.69) is 37.8 Å². The van der Waals surface area contributed by atoms with Gasteiger partial charge in [0.2, 0.25) is 0 Å². The van der Waals surface area contributed by atoms with Gasteiger partial charge in [-0.2, -0.15) is 8.75 Å². The smallest absolute Gasteiger partial charge is 0.191 e. The van der Waals surface area contributed by atoms with Crippen LogP contribution in [-0.4, -0.2) is 25.7 Å². The summed E-state index contributed by atoms with van der Waals surface area (Å²) < 4.78 is 13.7. The number of aromatic nitrogens is 3. The molecule has 0 aliphatic rings. The van der Waals surface area contributed by atoms with E-state index in [9.17, 15) is 0 Å². The fourth-order valence-corrected chi connectivity index (χ4v) is 2.57. The molecule has 3 rings (SSSR count). The molecule has 1 aromatic carbocycles. The zero-order valence-corrected chi connectivity index (χ0v) is 11.6. The molecule has 0 fully saturated rings. The third-order valence-corrected chi connectivity index (χ3v) is 3.43. The molecule has 2 heterocycles. The van der Waals surface area contributed by atoms with Gasteiger partial charge in [0.05, 0.1) is 17.4 Å². The molecule has 5 nitrogen and oxygen atoms in total. The highest BCUT2D eigenvalue weighted by atomic mass is 32.1. The van der Waals surface area contributed by atoms with Crippen LogP contribution < -0.4 is 0 Å². The SMILES string of the molecule is Cc1nc(CN(C)Cc2ccc3nsnc3c2)co1. The molecule has 2 aromatic heterocycles. The lowest BCUT2D eigenvalue weighted by Crippen LogP contribution is -2.17. The van der Waals surface area contributed by atoms with Gasteiger partial charge in [-0.25, -0.2) is 4.98 Å². The zero-order chi connectivity index (χ0) is 13.2. The van der Waals surface area contributed by atoms with Crippen molar-refractivity contribution in [2.24, 2.45) is 0 Å². The number of rotatable bonds is 4. The highest BCUT2D eigenvalue weighted by Crippen LogP contribution is 2.15. The molecule has 0 bridgehead atoms. The first-order valence-corrected chi connectivity index (χ1v) is 6.74. The van der Waals surface area contributed by atoms with Crippen LogP contribution in [0.5, 0.6) is 0 Å². The normalized spacial score (nSPS) is 11.5. The first-order valence-electron chi connectivity index (χ1n) is 6.01. The molecule has 0 saturated carbocycles. The lowest BCUT2D eigenvalue weighted by Gasteiger charge is -2.14. The lowest BCUT2D eigenvalue weighted by atomic mass is 10.2. The Morgan fingerprint density at radius 2 is 2.05 bits per heavy atom. The molecule has 19 heavy (non-hydrogen) atoms. The van der Waals surface area contributed by atoms with Gasteiger partial charge < -0.3 is 4.42 Å². The van der Waals surface area contributed by atoms with Crippen molar-refractivity contribution in [2.75, 3.05) is 7.05 Å². The second-order valence-electron chi connectivity index (χ2n) is 4.62. The number of hydrogen-bond acceptors (Lipinski definition) is 6. The Balaban J connectivity index is 1.69. The standard InChI is InChI=1S/C13H14N4OS/c1-9-14-11(8-18-9)7-17(2)6-10-3-4-12-13(5-10)16-19-15-12/h3-5,8H,6-7H2,1-2H3. The summed E-state index contributed by atoms with van der Waals surface area (Å²) in [6.07, 6.45) is 1.71. The maximum Gasteiger partial charge on any atom is 0.191 e. The number of fused-ring (bicyclic) bond motifs is 1. The van der Waals surface area contributed by atoms with Crippen LogP contribution in [0.2, 0.25) is 0 Å². The number of aryl methyl sites for hydroxylation is 1. The van der Waals surface area contributed by atoms with Gasteiger partial charge in [0.25, 0.3) is 0 Å². The second kappa shape index (κ2) is 5.07. The van der Waals surface area contributed by atoms with Crippen LogP contribution >= 0.6 is 11.7 Å². The molecular weight excluding hydrogens is 260 g/mol. The summed E-state index contributed by atoms with van der Waals surface area (Å²) in [5, 5.41) is 0. The largest absolute Gasteiger partial charge is 0.449 e. The van der Waals surface area contributed by atoms with Crippen molar-refractivity contribution in [1.82, 2.24) is 18.6 Å². The molecular formula is C13H14N4OS. The average Bonchev–Trinajstić information content (AvgIpc) is 2.97. The fourth-order valence-electron chi connectivity index (χ4n) is 2.05. The van der Waals surface area contributed by atoms with Crippen LogP contribution in [0, 0.1) is 6.92 Å². The Kier molecular flexibility index (Phi) is 3.27. The van der Waals surface area contributed by atoms with E-state index in [4.69, 9.17) is 4.42 Å². The van der Waals surface area contributed by atoms with Crippen molar-refractivity contribution in [3.05, 3.63) is 41.6 Å². The van der Waals surface area contributed by atoms with Crippen LogP contribution in [0.15, 0.2) is 28.9 Å². The van der Waals surface area contributed by atoms with Crippen molar-refractivity contribution in [1.29, 1.82) is 0 Å². The quantitative estimate of drug-likeness (QED) is 0.732. The summed E-state index contributed by atoms with van der Waals surface area (Å²) in [6, 6.07) is 6.19. The monoisotopic (exact) mass is 274 g/mol. The molecule has 0 aliphatic carbocycles. The lowest BCUT2D eigenvalue weighted by molar-refractivity contribution is 0.315. The molecule has 0 aliphatic heterocycles. The molecule has 0 N–H and O–H groups in total. The highest BCUT2D eigenvalue weighted by molar-refractivity contribution is 7.00. The summed E-state index contributed by atoms with van der Waals surface area (Å²) in [5.41, 5.74) is 4.11. The number of oxazole rings is 1. The van der Waals surface area contributed by atoms with E-state index in [-0.39, 0.29) is 0 Å². The Hall–Kier alpha value is -1.79. The Morgan fingerprint density at radius 1 is 1.21 bits per heavy atom. The minimum atomic E-state index is 0.707. The summed E-state index contributed by atoms with van der Waals surface area (Å²) in [4.78, 5) is 6.50. The maximum atomic E-state index is 5.21. The van der Waals surface area contributed by atoms with Crippen LogP contribution in [0.25, 0.3) is 11.0 Å². The van der Waals surface area contributed by atoms with E-state index in [1.807, 2.05) is 13.0 Å². The van der Waals surface area contributed by atoms with E-state index in [0.29, 0.717) is 5.89 Å². The molecule has 0 radical (unpaired) electrons. The van der Waals surface area contributed by atoms with Crippen molar-refractivity contribution in [3.63, 3.8) is 0 Å². The Bertz CT molecular complexity index is 691. The first kappa shape index (κ1) is 12.3. The minimum absolute atomic E-state index is 0.707. The van der Waals surface area contributed by atoms with Gasteiger partial charge in [-0.1, -0.05) is 6.07 Å². The van der Waals surface area contributed by atoms with Crippen LogP contribution in [0.1, 0.15) is 17.1 Å². The number of nitrogens with zero attached hydrogens (tertiary/aromatic N) is 4. The molecule has 0 unspecified atom stereocenters. The van der Waals surface area contributed by atoms with Gasteiger partial charge >= 0.3 is 0 Å². The van der Waals surface area contributed by atoms with Crippen LogP contribution in [0.4, 0.5) is 0 Å². The van der Waals surface area contributed by atoms with Gasteiger partial charge in [0, 0.05) is 20.0 Å². The summed E-state index contributed by atoms with van der Waals surface area (Å²) in [7, 11) is 2.06. The predicted molar refractivity (Wildman–Crippen MR) is 73.8 cm³/mol. The van der Waals surface area contributed by atoms with E-state index < -0.39 is 0 Å². The zero-order valence-electron chi connectivity index (χ0n) is 10.8. The fraction of sp³-hybridized carbons (Fsp3) is 0.308. The summed E-state index contributed by atoms with van der Waals surface area (Å²) >= 11 is 1.25. The third-order valence-electron chi connectivity index (χ3n) is 2.87. The minimum Gasteiger partial charge on any atom is -0.449 e. The molecule has 0 atom stereocenters.